The topological polar surface area (TPSA) is 74.6 Å². The first-order chi connectivity index (χ1) is 9.92. The van der Waals surface area contributed by atoms with Gasteiger partial charge in [0.15, 0.2) is 0 Å². The summed E-state index contributed by atoms with van der Waals surface area (Å²) < 4.78 is 30.7. The van der Waals surface area contributed by atoms with Gasteiger partial charge in [-0.1, -0.05) is 57.6 Å². The van der Waals surface area contributed by atoms with Crippen molar-refractivity contribution in [1.82, 2.24) is 0 Å². The molecule has 1 aromatic rings. The molecule has 122 valence electrons. The molecule has 0 amide bonds. The Balaban J connectivity index is 0.00000441. The van der Waals surface area contributed by atoms with E-state index in [4.69, 9.17) is 4.55 Å². The molecule has 4 nitrogen and oxygen atoms in total. The summed E-state index contributed by atoms with van der Waals surface area (Å²) in [5.41, 5.74) is 1.26. The number of aryl methyl sites for hydroxylation is 1. The third-order valence-electron chi connectivity index (χ3n) is 3.55. The molecule has 0 radical (unpaired) electrons. The van der Waals surface area contributed by atoms with Crippen molar-refractivity contribution in [3.63, 3.8) is 0 Å². The molecule has 1 rings (SSSR count). The van der Waals surface area contributed by atoms with E-state index in [1.165, 1.54) is 38.2 Å². The Bertz CT molecular complexity index is 529. The second kappa shape index (κ2) is 11.5. The first kappa shape index (κ1) is 21.9. The molecule has 0 aromatic heterocycles. The Hall–Kier alpha value is -0.0700. The predicted octanol–water partition coefficient (Wildman–Crippen LogP) is 3.42. The molecule has 0 aliphatic rings. The summed E-state index contributed by atoms with van der Waals surface area (Å²) in [6.07, 6.45) is 9.45. The number of rotatable bonds is 10. The minimum atomic E-state index is -4.11. The van der Waals surface area contributed by atoms with Crippen molar-refractivity contribution < 1.29 is 18.1 Å². The van der Waals surface area contributed by atoms with E-state index >= 15 is 0 Å². The standard InChI is InChI=1S/C16H26O4S.Na.H/c1-2-3-4-5-6-7-8-9-14-10-11-16(17)15(12-14)13-21(18,19)20;;/h10-12,17H,2-9,13H2,1H3,(H,18,19,20);;. The molecular weight excluding hydrogens is 311 g/mol. The predicted molar refractivity (Wildman–Crippen MR) is 92.2 cm³/mol. The van der Waals surface area contributed by atoms with E-state index < -0.39 is 15.9 Å². The summed E-state index contributed by atoms with van der Waals surface area (Å²) in [6.45, 7) is 2.20. The molecule has 0 bridgehead atoms. The van der Waals surface area contributed by atoms with Crippen LogP contribution in [0.3, 0.4) is 0 Å². The van der Waals surface area contributed by atoms with Crippen molar-refractivity contribution in [3.8, 4) is 5.75 Å². The summed E-state index contributed by atoms with van der Waals surface area (Å²) in [5, 5.41) is 9.61. The van der Waals surface area contributed by atoms with Crippen LogP contribution in [0.1, 0.15) is 63.0 Å². The third kappa shape index (κ3) is 9.85. The van der Waals surface area contributed by atoms with Crippen molar-refractivity contribution in [3.05, 3.63) is 29.3 Å². The van der Waals surface area contributed by atoms with Gasteiger partial charge < -0.3 is 5.11 Å². The van der Waals surface area contributed by atoms with Gasteiger partial charge in [-0.05, 0) is 24.5 Å². The number of phenols is 1. The average Bonchev–Trinajstić information content (AvgIpc) is 2.39. The number of unbranched alkanes of at least 4 members (excludes halogenated alkanes) is 6. The summed E-state index contributed by atoms with van der Waals surface area (Å²) in [4.78, 5) is 0. The van der Waals surface area contributed by atoms with Crippen molar-refractivity contribution in [2.45, 2.75) is 64.0 Å². The molecule has 6 heteroatoms. The van der Waals surface area contributed by atoms with Crippen molar-refractivity contribution in [2.75, 3.05) is 0 Å². The molecule has 1 aromatic carbocycles. The van der Waals surface area contributed by atoms with Crippen LogP contribution in [0.4, 0.5) is 0 Å². The van der Waals surface area contributed by atoms with Crippen LogP contribution < -0.4 is 0 Å². The Morgan fingerprint density at radius 2 is 1.59 bits per heavy atom. The van der Waals surface area contributed by atoms with Gasteiger partial charge in [-0.2, -0.15) is 8.42 Å². The van der Waals surface area contributed by atoms with Gasteiger partial charge in [-0.15, -0.1) is 0 Å². The fourth-order valence-corrected chi connectivity index (χ4v) is 3.02. The first-order valence-electron chi connectivity index (χ1n) is 7.68. The molecule has 0 heterocycles. The fraction of sp³-hybridized carbons (Fsp3) is 0.625. The van der Waals surface area contributed by atoms with E-state index in [9.17, 15) is 13.5 Å². The van der Waals surface area contributed by atoms with Crippen LogP contribution in [-0.4, -0.2) is 47.6 Å². The van der Waals surface area contributed by atoms with Crippen molar-refractivity contribution in [2.24, 2.45) is 0 Å². The van der Waals surface area contributed by atoms with Gasteiger partial charge in [0.1, 0.15) is 11.5 Å². The van der Waals surface area contributed by atoms with Crippen molar-refractivity contribution in [1.29, 1.82) is 0 Å². The average molecular weight is 338 g/mol. The van der Waals surface area contributed by atoms with Crippen LogP contribution in [0.25, 0.3) is 0 Å². The molecule has 22 heavy (non-hydrogen) atoms. The molecule has 0 unspecified atom stereocenters. The third-order valence-corrected chi connectivity index (χ3v) is 4.23. The molecule has 0 spiro atoms. The molecule has 0 aliphatic heterocycles. The molecule has 0 aliphatic carbocycles. The first-order valence-corrected chi connectivity index (χ1v) is 9.29. The molecular formula is C16H27NaO4S. The number of hydrogen-bond acceptors (Lipinski definition) is 3. The SMILES string of the molecule is CCCCCCCCCc1ccc(O)c(CS(=O)(=O)O)c1.[NaH]. The summed E-state index contributed by atoms with van der Waals surface area (Å²) in [7, 11) is -4.11. The van der Waals surface area contributed by atoms with E-state index in [1.807, 2.05) is 0 Å². The Morgan fingerprint density at radius 3 is 2.18 bits per heavy atom. The summed E-state index contributed by atoms with van der Waals surface area (Å²) in [6, 6.07) is 4.97. The van der Waals surface area contributed by atoms with Crippen LogP contribution in [-0.2, 0) is 22.3 Å². The van der Waals surface area contributed by atoms with E-state index in [0.29, 0.717) is 0 Å². The monoisotopic (exact) mass is 338 g/mol. The van der Waals surface area contributed by atoms with Gasteiger partial charge in [0.05, 0.1) is 0 Å². The molecule has 0 atom stereocenters. The van der Waals surface area contributed by atoms with E-state index in [2.05, 4.69) is 6.92 Å². The fourth-order valence-electron chi connectivity index (χ4n) is 2.39. The van der Waals surface area contributed by atoms with Crippen LogP contribution in [0.15, 0.2) is 18.2 Å². The second-order valence-corrected chi connectivity index (χ2v) is 7.01. The zero-order valence-corrected chi connectivity index (χ0v) is 13.5. The Labute approximate surface area is 156 Å². The van der Waals surface area contributed by atoms with Crippen LogP contribution in [0.5, 0.6) is 5.75 Å². The molecule has 0 saturated heterocycles. The summed E-state index contributed by atoms with van der Waals surface area (Å²) >= 11 is 0. The normalized spacial score (nSPS) is 11.2. The Morgan fingerprint density at radius 1 is 1.00 bits per heavy atom. The zero-order chi connectivity index (χ0) is 15.7. The number of aromatic hydroxyl groups is 1. The van der Waals surface area contributed by atoms with Crippen LogP contribution >= 0.6 is 0 Å². The number of hydrogen-bond donors (Lipinski definition) is 2. The van der Waals surface area contributed by atoms with Gasteiger partial charge in [0.25, 0.3) is 10.1 Å². The van der Waals surface area contributed by atoms with Gasteiger partial charge in [-0.25, -0.2) is 0 Å². The molecule has 2 N–H and O–H groups in total. The maximum atomic E-state index is 10.9. The van der Waals surface area contributed by atoms with E-state index in [-0.39, 0.29) is 40.9 Å². The second-order valence-electron chi connectivity index (χ2n) is 5.56. The van der Waals surface area contributed by atoms with Crippen LogP contribution in [0.2, 0.25) is 0 Å². The minimum absolute atomic E-state index is 0. The maximum absolute atomic E-state index is 10.9. The molecule has 0 saturated carbocycles. The van der Waals surface area contributed by atoms with Crippen LogP contribution in [0, 0.1) is 0 Å². The van der Waals surface area contributed by atoms with Crippen molar-refractivity contribution >= 4 is 39.7 Å². The quantitative estimate of drug-likeness (QED) is 0.389. The number of phenolic OH excluding ortho intramolecular Hbond substituents is 1. The van der Waals surface area contributed by atoms with Gasteiger partial charge >= 0.3 is 29.6 Å². The summed E-state index contributed by atoms with van der Waals surface area (Å²) in [5.74, 6) is -0.625. The Kier molecular flexibility index (Phi) is 11.4. The van der Waals surface area contributed by atoms with Gasteiger partial charge in [0.2, 0.25) is 0 Å². The van der Waals surface area contributed by atoms with Gasteiger partial charge in [-0.3, -0.25) is 4.55 Å². The number of benzene rings is 1. The zero-order valence-electron chi connectivity index (χ0n) is 12.7. The molecule has 0 fully saturated rings. The van der Waals surface area contributed by atoms with Gasteiger partial charge in [0, 0.05) is 5.56 Å². The van der Waals surface area contributed by atoms with E-state index in [1.54, 1.807) is 12.1 Å². The van der Waals surface area contributed by atoms with E-state index in [0.717, 1.165) is 24.8 Å².